The Morgan fingerprint density at radius 2 is 2.05 bits per heavy atom. The molecular weight excluding hydrogens is 261 g/mol. The number of rotatable bonds is 4. The van der Waals surface area contributed by atoms with Gasteiger partial charge in [0.25, 0.3) is 0 Å². The minimum absolute atomic E-state index is 0.191. The molecule has 19 heavy (non-hydrogen) atoms. The van der Waals surface area contributed by atoms with E-state index in [1.54, 1.807) is 12.1 Å². The number of nitrogens with zero attached hydrogens (tertiary/aromatic N) is 2. The third kappa shape index (κ3) is 3.61. The van der Waals surface area contributed by atoms with E-state index >= 15 is 0 Å². The molecule has 0 heterocycles. The van der Waals surface area contributed by atoms with Crippen molar-refractivity contribution in [1.82, 2.24) is 0 Å². The maximum absolute atomic E-state index is 12.6. The fraction of sp³-hybridized carbons (Fsp3) is 0.333. The lowest BCUT2D eigenvalue weighted by Crippen LogP contribution is -2.40. The van der Waals surface area contributed by atoms with Gasteiger partial charge < -0.3 is 10.0 Å². The second-order valence-corrected chi connectivity index (χ2v) is 3.94. The Kier molecular flexibility index (Phi) is 4.38. The molecule has 102 valence electrons. The summed E-state index contributed by atoms with van der Waals surface area (Å²) in [5.74, 6) is -4.43. The van der Waals surface area contributed by atoms with Gasteiger partial charge in [-0.05, 0) is 12.1 Å². The monoisotopic (exact) mass is 272 g/mol. The molecule has 1 rings (SSSR count). The number of hydrogen-bond acceptors (Lipinski definition) is 3. The molecule has 1 atom stereocenters. The maximum Gasteiger partial charge on any atom is 0.403 e. The minimum atomic E-state index is -4.83. The molecule has 0 aliphatic rings. The largest absolute Gasteiger partial charge is 0.481 e. The number of anilines is 1. The van der Waals surface area contributed by atoms with Gasteiger partial charge in [0.15, 0.2) is 5.92 Å². The number of alkyl halides is 3. The van der Waals surface area contributed by atoms with E-state index in [1.807, 2.05) is 6.07 Å². The minimum Gasteiger partial charge on any atom is -0.481 e. The molecule has 0 aliphatic heterocycles. The molecule has 0 aromatic heterocycles. The Morgan fingerprint density at radius 3 is 2.53 bits per heavy atom. The van der Waals surface area contributed by atoms with Gasteiger partial charge in [0.2, 0.25) is 0 Å². The molecule has 1 unspecified atom stereocenters. The first kappa shape index (κ1) is 14.8. The van der Waals surface area contributed by atoms with Crippen LogP contribution in [0.2, 0.25) is 0 Å². The number of nitriles is 1. The summed E-state index contributed by atoms with van der Waals surface area (Å²) in [6, 6.07) is 7.91. The maximum atomic E-state index is 12.6. The number of aliphatic carboxylic acids is 1. The summed E-state index contributed by atoms with van der Waals surface area (Å²) in [5.41, 5.74) is 0.455. The average molecular weight is 272 g/mol. The van der Waals surface area contributed by atoms with Crippen LogP contribution in [0, 0.1) is 17.2 Å². The first-order chi connectivity index (χ1) is 8.77. The molecule has 0 radical (unpaired) electrons. The van der Waals surface area contributed by atoms with Crippen LogP contribution in [0.5, 0.6) is 0 Å². The number of halogens is 3. The fourth-order valence-corrected chi connectivity index (χ4v) is 1.59. The Balaban J connectivity index is 2.98. The number of hydrogen-bond donors (Lipinski definition) is 1. The van der Waals surface area contributed by atoms with E-state index in [1.165, 1.54) is 19.2 Å². The Bertz CT molecular complexity index is 508. The molecule has 0 aliphatic carbocycles. The van der Waals surface area contributed by atoms with Crippen LogP contribution in [0.3, 0.4) is 0 Å². The predicted octanol–water partition coefficient (Wildman–Crippen LogP) is 2.26. The lowest BCUT2D eigenvalue weighted by atomic mass is 10.1. The summed E-state index contributed by atoms with van der Waals surface area (Å²) >= 11 is 0. The van der Waals surface area contributed by atoms with E-state index < -0.39 is 24.6 Å². The van der Waals surface area contributed by atoms with Crippen molar-refractivity contribution in [3.8, 4) is 6.07 Å². The van der Waals surface area contributed by atoms with Gasteiger partial charge in [-0.1, -0.05) is 12.1 Å². The average Bonchev–Trinajstić information content (AvgIpc) is 2.33. The van der Waals surface area contributed by atoms with Crippen LogP contribution in [-0.4, -0.2) is 30.8 Å². The summed E-state index contributed by atoms with van der Waals surface area (Å²) < 4.78 is 37.7. The van der Waals surface area contributed by atoms with Crippen LogP contribution < -0.4 is 4.90 Å². The molecule has 1 aromatic rings. The van der Waals surface area contributed by atoms with Crippen molar-refractivity contribution >= 4 is 11.7 Å². The summed E-state index contributed by atoms with van der Waals surface area (Å²) in [5, 5.41) is 17.5. The number of carboxylic acid groups (broad SMARTS) is 1. The van der Waals surface area contributed by atoms with E-state index in [2.05, 4.69) is 0 Å². The number of benzene rings is 1. The Morgan fingerprint density at radius 1 is 1.47 bits per heavy atom. The Hall–Kier alpha value is -2.23. The van der Waals surface area contributed by atoms with Gasteiger partial charge in [-0.2, -0.15) is 18.4 Å². The van der Waals surface area contributed by atoms with E-state index in [-0.39, 0.29) is 11.3 Å². The summed E-state index contributed by atoms with van der Waals surface area (Å²) in [4.78, 5) is 11.8. The first-order valence-electron chi connectivity index (χ1n) is 5.27. The second-order valence-electron chi connectivity index (χ2n) is 3.94. The van der Waals surface area contributed by atoms with Crippen molar-refractivity contribution < 1.29 is 23.1 Å². The van der Waals surface area contributed by atoms with Gasteiger partial charge in [-0.3, -0.25) is 4.79 Å². The van der Waals surface area contributed by atoms with Crippen LogP contribution >= 0.6 is 0 Å². The van der Waals surface area contributed by atoms with Gasteiger partial charge in [-0.15, -0.1) is 0 Å². The molecule has 4 nitrogen and oxygen atoms in total. The normalized spacial score (nSPS) is 12.6. The van der Waals surface area contributed by atoms with E-state index in [0.29, 0.717) is 0 Å². The molecule has 0 spiro atoms. The lowest BCUT2D eigenvalue weighted by Gasteiger charge is -2.25. The quantitative estimate of drug-likeness (QED) is 0.913. The zero-order valence-electron chi connectivity index (χ0n) is 9.98. The highest BCUT2D eigenvalue weighted by molar-refractivity contribution is 5.72. The van der Waals surface area contributed by atoms with Gasteiger partial charge in [0, 0.05) is 13.6 Å². The standard InChI is InChI=1S/C12H11F3N2O2/c1-17(7-9(11(18)19)12(13,14)15)10-5-3-2-4-8(10)6-16/h2-5,9H,7H2,1H3,(H,18,19). The molecule has 0 saturated heterocycles. The van der Waals surface area contributed by atoms with Gasteiger partial charge >= 0.3 is 12.1 Å². The molecule has 0 amide bonds. The summed E-state index contributed by atoms with van der Waals surface area (Å²) in [7, 11) is 1.32. The van der Waals surface area contributed by atoms with Crippen molar-refractivity contribution in [1.29, 1.82) is 5.26 Å². The third-order valence-corrected chi connectivity index (χ3v) is 2.59. The summed E-state index contributed by atoms with van der Waals surface area (Å²) in [6.07, 6.45) is -4.83. The third-order valence-electron chi connectivity index (χ3n) is 2.59. The Labute approximate surface area is 107 Å². The first-order valence-corrected chi connectivity index (χ1v) is 5.27. The zero-order valence-corrected chi connectivity index (χ0v) is 9.98. The number of carbonyl (C=O) groups is 1. The molecule has 0 saturated carbocycles. The SMILES string of the molecule is CN(CC(C(=O)O)C(F)(F)F)c1ccccc1C#N. The van der Waals surface area contributed by atoms with Crippen LogP contribution in [0.15, 0.2) is 24.3 Å². The van der Waals surface area contributed by atoms with Crippen LogP contribution in [0.4, 0.5) is 18.9 Å². The molecule has 0 fully saturated rings. The number of carboxylic acids is 1. The van der Waals surface area contributed by atoms with Crippen molar-refractivity contribution in [2.45, 2.75) is 6.18 Å². The number of para-hydroxylation sites is 1. The fourth-order valence-electron chi connectivity index (χ4n) is 1.59. The van der Waals surface area contributed by atoms with Gasteiger partial charge in [-0.25, -0.2) is 0 Å². The summed E-state index contributed by atoms with van der Waals surface area (Å²) in [6.45, 7) is -0.752. The van der Waals surface area contributed by atoms with Crippen LogP contribution in [0.1, 0.15) is 5.56 Å². The van der Waals surface area contributed by atoms with Gasteiger partial charge in [0.05, 0.1) is 11.3 Å². The zero-order chi connectivity index (χ0) is 14.6. The van der Waals surface area contributed by atoms with Crippen molar-refractivity contribution in [2.24, 2.45) is 5.92 Å². The molecule has 1 N–H and O–H groups in total. The topological polar surface area (TPSA) is 64.3 Å². The smallest absolute Gasteiger partial charge is 0.403 e. The van der Waals surface area contributed by atoms with Crippen molar-refractivity contribution in [2.75, 3.05) is 18.5 Å². The highest BCUT2D eigenvalue weighted by Gasteiger charge is 2.45. The van der Waals surface area contributed by atoms with Crippen LogP contribution in [0.25, 0.3) is 0 Å². The highest BCUT2D eigenvalue weighted by atomic mass is 19.4. The van der Waals surface area contributed by atoms with E-state index in [4.69, 9.17) is 10.4 Å². The molecule has 7 heteroatoms. The lowest BCUT2D eigenvalue weighted by molar-refractivity contribution is -0.191. The van der Waals surface area contributed by atoms with Crippen molar-refractivity contribution in [3.63, 3.8) is 0 Å². The van der Waals surface area contributed by atoms with E-state index in [0.717, 1.165) is 4.90 Å². The highest BCUT2D eigenvalue weighted by Crippen LogP contribution is 2.29. The van der Waals surface area contributed by atoms with E-state index in [9.17, 15) is 18.0 Å². The molecule has 1 aromatic carbocycles. The van der Waals surface area contributed by atoms with Crippen LogP contribution in [-0.2, 0) is 4.79 Å². The van der Waals surface area contributed by atoms with Gasteiger partial charge in [0.1, 0.15) is 6.07 Å². The van der Waals surface area contributed by atoms with Crippen molar-refractivity contribution in [3.05, 3.63) is 29.8 Å². The molecular formula is C12H11F3N2O2. The second kappa shape index (κ2) is 5.61. The molecule has 0 bridgehead atoms. The predicted molar refractivity (Wildman–Crippen MR) is 61.6 cm³/mol.